The molecule has 5 nitrogen and oxygen atoms in total. The van der Waals surface area contributed by atoms with Gasteiger partial charge in [0.15, 0.2) is 0 Å². The van der Waals surface area contributed by atoms with Crippen molar-refractivity contribution in [2.45, 2.75) is 39.2 Å². The van der Waals surface area contributed by atoms with Crippen LogP contribution in [0.4, 0.5) is 0 Å². The normalized spacial score (nSPS) is 11.3. The summed E-state index contributed by atoms with van der Waals surface area (Å²) in [6, 6.07) is 22.2. The van der Waals surface area contributed by atoms with Crippen molar-refractivity contribution in [3.05, 3.63) is 76.9 Å². The van der Waals surface area contributed by atoms with Gasteiger partial charge in [-0.25, -0.2) is 4.98 Å². The second-order valence-electron chi connectivity index (χ2n) is 9.41. The number of rotatable bonds is 3. The minimum atomic E-state index is -1.03. The summed E-state index contributed by atoms with van der Waals surface area (Å²) >= 11 is 0. The summed E-state index contributed by atoms with van der Waals surface area (Å²) in [4.78, 5) is 8.36. The van der Waals surface area contributed by atoms with E-state index in [9.17, 15) is 15.6 Å². The molecular formula is C31H24N4O. The minimum absolute atomic E-state index is 0.405. The minimum Gasteiger partial charge on any atom is -0.378 e. The van der Waals surface area contributed by atoms with Gasteiger partial charge in [0, 0.05) is 17.2 Å². The van der Waals surface area contributed by atoms with E-state index in [0.29, 0.717) is 28.9 Å². The lowest BCUT2D eigenvalue weighted by Gasteiger charge is -2.10. The van der Waals surface area contributed by atoms with Crippen molar-refractivity contribution in [2.24, 2.45) is 0 Å². The molecule has 0 aliphatic carbocycles. The van der Waals surface area contributed by atoms with Gasteiger partial charge in [-0.15, -0.1) is 0 Å². The zero-order valence-corrected chi connectivity index (χ0v) is 20.4. The van der Waals surface area contributed by atoms with Crippen molar-refractivity contribution in [2.75, 3.05) is 0 Å². The number of aromatic nitrogens is 2. The lowest BCUT2D eigenvalue weighted by atomic mass is 9.95. The van der Waals surface area contributed by atoms with Crippen molar-refractivity contribution in [3.63, 3.8) is 0 Å². The first-order chi connectivity index (χ1) is 17.3. The van der Waals surface area contributed by atoms with Crippen LogP contribution in [0, 0.1) is 34.5 Å². The molecule has 0 aliphatic rings. The summed E-state index contributed by atoms with van der Waals surface area (Å²) in [6.07, 6.45) is 1.45. The maximum Gasteiger partial charge on any atom is 0.141 e. The predicted molar refractivity (Wildman–Crippen MR) is 143 cm³/mol. The van der Waals surface area contributed by atoms with Gasteiger partial charge in [-0.2, -0.15) is 10.5 Å². The molecule has 0 radical (unpaired) electrons. The summed E-state index contributed by atoms with van der Waals surface area (Å²) in [5, 5.41) is 33.5. The van der Waals surface area contributed by atoms with Crippen LogP contribution < -0.4 is 0 Å². The van der Waals surface area contributed by atoms with E-state index in [1.54, 1.807) is 32.0 Å². The molecule has 0 amide bonds. The van der Waals surface area contributed by atoms with Gasteiger partial charge >= 0.3 is 0 Å². The first-order valence-electron chi connectivity index (χ1n) is 11.9. The Morgan fingerprint density at radius 1 is 0.889 bits per heavy atom. The number of nitrogens with zero attached hydrogens (tertiary/aromatic N) is 3. The molecule has 0 bridgehead atoms. The molecule has 0 saturated heterocycles. The van der Waals surface area contributed by atoms with E-state index in [2.05, 4.69) is 66.2 Å². The first kappa shape index (κ1) is 23.1. The van der Waals surface area contributed by atoms with Crippen LogP contribution in [0.1, 0.15) is 43.0 Å². The Morgan fingerprint density at radius 2 is 1.53 bits per heavy atom. The topological polar surface area (TPSA) is 96.5 Å². The standard InChI is InChI=1S/C31H24N4O/c1-4-19-10-12-23-25(15-19)26-16-20(7-6-14-31(2,3)36)11-13-24(26)29-28(23)34-30(35-29)27-21(17-32)8-5-9-22(27)18-33/h5,8-13,15-16,36H,4,7H2,1-3H3,(H,34,35). The van der Waals surface area contributed by atoms with E-state index in [0.717, 1.165) is 44.6 Å². The number of hydrogen-bond donors (Lipinski definition) is 2. The van der Waals surface area contributed by atoms with E-state index in [1.807, 2.05) is 6.07 Å². The van der Waals surface area contributed by atoms with E-state index < -0.39 is 5.60 Å². The van der Waals surface area contributed by atoms with Crippen LogP contribution in [0.25, 0.3) is 44.0 Å². The third-order valence-electron chi connectivity index (χ3n) is 6.32. The Bertz CT molecular complexity index is 1780. The van der Waals surface area contributed by atoms with Gasteiger partial charge in [0.25, 0.3) is 0 Å². The molecule has 0 spiro atoms. The average molecular weight is 469 g/mol. The maximum absolute atomic E-state index is 9.93. The molecule has 5 aromatic rings. The molecule has 0 atom stereocenters. The summed E-state index contributed by atoms with van der Waals surface area (Å²) in [5.41, 5.74) is 4.26. The van der Waals surface area contributed by atoms with Crippen LogP contribution in [0.3, 0.4) is 0 Å². The number of benzene rings is 4. The number of imidazole rings is 1. The molecule has 1 aromatic heterocycles. The maximum atomic E-state index is 9.93. The van der Waals surface area contributed by atoms with Crippen molar-refractivity contribution >= 4 is 32.6 Å². The van der Waals surface area contributed by atoms with Gasteiger partial charge in [-0.3, -0.25) is 0 Å². The zero-order chi connectivity index (χ0) is 25.4. The number of nitrogens with one attached hydrogen (secondary N) is 1. The number of fused-ring (bicyclic) bond motifs is 6. The number of aliphatic hydroxyl groups is 1. The molecule has 174 valence electrons. The fourth-order valence-electron chi connectivity index (χ4n) is 4.62. The number of nitriles is 2. The Morgan fingerprint density at radius 3 is 2.19 bits per heavy atom. The highest BCUT2D eigenvalue weighted by Gasteiger charge is 2.18. The first-order valence-corrected chi connectivity index (χ1v) is 11.9. The summed E-state index contributed by atoms with van der Waals surface area (Å²) in [7, 11) is 0. The van der Waals surface area contributed by atoms with Gasteiger partial charge in [-0.1, -0.05) is 55.2 Å². The van der Waals surface area contributed by atoms with E-state index in [4.69, 9.17) is 4.98 Å². The van der Waals surface area contributed by atoms with Gasteiger partial charge in [-0.05, 0) is 60.4 Å². The highest BCUT2D eigenvalue weighted by molar-refractivity contribution is 6.23. The quantitative estimate of drug-likeness (QED) is 0.245. The molecule has 1 heterocycles. The third-order valence-corrected chi connectivity index (χ3v) is 6.32. The van der Waals surface area contributed by atoms with Gasteiger partial charge in [0.05, 0.1) is 39.9 Å². The Labute approximate surface area is 209 Å². The molecule has 0 unspecified atom stereocenters. The van der Waals surface area contributed by atoms with Gasteiger partial charge < -0.3 is 10.1 Å². The number of H-pyrrole nitrogens is 1. The monoisotopic (exact) mass is 468 g/mol. The number of aryl methyl sites for hydroxylation is 1. The largest absolute Gasteiger partial charge is 0.378 e. The van der Waals surface area contributed by atoms with Crippen molar-refractivity contribution < 1.29 is 5.11 Å². The second kappa shape index (κ2) is 8.86. The molecular weight excluding hydrogens is 444 g/mol. The summed E-state index contributed by atoms with van der Waals surface area (Å²) in [5.74, 6) is 6.47. The lowest BCUT2D eigenvalue weighted by molar-refractivity contribution is 0.143. The van der Waals surface area contributed by atoms with Crippen molar-refractivity contribution in [3.8, 4) is 35.4 Å². The van der Waals surface area contributed by atoms with Crippen LogP contribution in [0.2, 0.25) is 0 Å². The molecule has 5 heteroatoms. The van der Waals surface area contributed by atoms with Crippen LogP contribution in [-0.2, 0) is 12.8 Å². The van der Waals surface area contributed by atoms with E-state index >= 15 is 0 Å². The van der Waals surface area contributed by atoms with Crippen LogP contribution in [0.15, 0.2) is 54.6 Å². The van der Waals surface area contributed by atoms with Crippen LogP contribution in [0.5, 0.6) is 0 Å². The Balaban J connectivity index is 1.82. The molecule has 5 rings (SSSR count). The van der Waals surface area contributed by atoms with E-state index in [-0.39, 0.29) is 0 Å². The Hall–Kier alpha value is -4.63. The van der Waals surface area contributed by atoms with Gasteiger partial charge in [0.2, 0.25) is 0 Å². The zero-order valence-electron chi connectivity index (χ0n) is 20.4. The average Bonchev–Trinajstić information content (AvgIpc) is 3.32. The summed E-state index contributed by atoms with van der Waals surface area (Å²) < 4.78 is 0. The predicted octanol–water partition coefficient (Wildman–Crippen LogP) is 6.16. The SMILES string of the molecule is CCc1ccc2c(c1)c1cc(CC#CC(C)(C)O)ccc1c1[nH]c(-c3c(C#N)cccc3C#N)nc21. The van der Waals surface area contributed by atoms with Crippen molar-refractivity contribution in [1.82, 2.24) is 9.97 Å². The smallest absolute Gasteiger partial charge is 0.141 e. The van der Waals surface area contributed by atoms with Crippen LogP contribution in [-0.4, -0.2) is 20.7 Å². The molecule has 4 aromatic carbocycles. The fraction of sp³-hybridized carbons (Fsp3) is 0.194. The highest BCUT2D eigenvalue weighted by atomic mass is 16.3. The van der Waals surface area contributed by atoms with Crippen LogP contribution >= 0.6 is 0 Å². The molecule has 36 heavy (non-hydrogen) atoms. The molecule has 0 fully saturated rings. The third kappa shape index (κ3) is 4.05. The Kier molecular flexibility index (Phi) is 5.69. The summed E-state index contributed by atoms with van der Waals surface area (Å²) in [6.45, 7) is 5.48. The van der Waals surface area contributed by atoms with E-state index in [1.165, 1.54) is 5.56 Å². The highest BCUT2D eigenvalue weighted by Crippen LogP contribution is 2.37. The number of hydrogen-bond acceptors (Lipinski definition) is 4. The van der Waals surface area contributed by atoms with Crippen molar-refractivity contribution in [1.29, 1.82) is 10.5 Å². The second-order valence-corrected chi connectivity index (χ2v) is 9.41. The number of aromatic amines is 1. The molecule has 0 aliphatic heterocycles. The fourth-order valence-corrected chi connectivity index (χ4v) is 4.62. The molecule has 0 saturated carbocycles. The lowest BCUT2D eigenvalue weighted by Crippen LogP contribution is -2.14. The van der Waals surface area contributed by atoms with Gasteiger partial charge in [0.1, 0.15) is 11.4 Å². The molecule has 2 N–H and O–H groups in total.